The predicted octanol–water partition coefficient (Wildman–Crippen LogP) is 2.21. The normalized spacial score (nSPS) is 27.9. The first-order valence-electron chi connectivity index (χ1n) is 7.28. The molecule has 2 N–H and O–H groups in total. The van der Waals surface area contributed by atoms with E-state index in [1.807, 2.05) is 0 Å². The summed E-state index contributed by atoms with van der Waals surface area (Å²) in [5, 5.41) is 0. The summed E-state index contributed by atoms with van der Waals surface area (Å²) in [4.78, 5) is 2.63. The predicted molar refractivity (Wildman–Crippen MR) is 75.6 cm³/mol. The Morgan fingerprint density at radius 3 is 2.44 bits per heavy atom. The molecule has 2 aliphatic carbocycles. The molecule has 98 valence electrons. The highest BCUT2D eigenvalue weighted by molar-refractivity contribution is 5.33. The minimum atomic E-state index is 0.694. The molecule has 0 spiro atoms. The summed E-state index contributed by atoms with van der Waals surface area (Å²) >= 11 is 0. The summed E-state index contributed by atoms with van der Waals surface area (Å²) in [5.41, 5.74) is 9.02. The van der Waals surface area contributed by atoms with Gasteiger partial charge in [0.2, 0.25) is 0 Å². The third-order valence-electron chi connectivity index (χ3n) is 5.05. The number of nitrogens with two attached hydrogens (primary N) is 1. The van der Waals surface area contributed by atoms with Crippen molar-refractivity contribution in [3.8, 4) is 0 Å². The molecule has 0 amide bonds. The largest absolute Gasteiger partial charge is 0.330 e. The van der Waals surface area contributed by atoms with E-state index in [4.69, 9.17) is 5.73 Å². The zero-order valence-corrected chi connectivity index (χ0v) is 11.3. The molecule has 2 heteroatoms. The van der Waals surface area contributed by atoms with Gasteiger partial charge in [0.05, 0.1) is 0 Å². The van der Waals surface area contributed by atoms with Crippen molar-refractivity contribution in [3.05, 3.63) is 35.4 Å². The molecule has 0 heterocycles. The maximum Gasteiger partial charge on any atom is 0.0176 e. The Labute approximate surface area is 110 Å². The number of nitrogens with zero attached hydrogens (tertiary/aromatic N) is 1. The van der Waals surface area contributed by atoms with Gasteiger partial charge in [-0.1, -0.05) is 30.7 Å². The van der Waals surface area contributed by atoms with E-state index in [9.17, 15) is 0 Å². The van der Waals surface area contributed by atoms with Crippen LogP contribution in [0.2, 0.25) is 0 Å². The molecule has 0 bridgehead atoms. The fraction of sp³-hybridized carbons (Fsp3) is 0.625. The Morgan fingerprint density at radius 1 is 1.17 bits per heavy atom. The second-order valence-electron chi connectivity index (χ2n) is 5.99. The number of fused-ring (bicyclic) bond motifs is 1. The van der Waals surface area contributed by atoms with Gasteiger partial charge in [0, 0.05) is 12.1 Å². The SMILES string of the molecule is CN(C1Cc2ccccc2C1)C1CCCC1CN. The van der Waals surface area contributed by atoms with Gasteiger partial charge in [-0.15, -0.1) is 0 Å². The first-order valence-corrected chi connectivity index (χ1v) is 7.28. The number of hydrogen-bond donors (Lipinski definition) is 1. The lowest BCUT2D eigenvalue weighted by Gasteiger charge is -2.34. The molecule has 0 aliphatic heterocycles. The summed E-state index contributed by atoms with van der Waals surface area (Å²) in [6.07, 6.45) is 6.47. The van der Waals surface area contributed by atoms with E-state index >= 15 is 0 Å². The van der Waals surface area contributed by atoms with Crippen molar-refractivity contribution < 1.29 is 0 Å². The molecule has 2 aliphatic rings. The Kier molecular flexibility index (Phi) is 3.40. The van der Waals surface area contributed by atoms with E-state index in [-0.39, 0.29) is 0 Å². The molecule has 2 atom stereocenters. The van der Waals surface area contributed by atoms with E-state index in [1.165, 1.54) is 32.1 Å². The van der Waals surface area contributed by atoms with Crippen LogP contribution in [-0.2, 0) is 12.8 Å². The molecule has 0 radical (unpaired) electrons. The summed E-state index contributed by atoms with van der Waals surface area (Å²) in [6, 6.07) is 10.3. The van der Waals surface area contributed by atoms with Crippen molar-refractivity contribution in [2.24, 2.45) is 11.7 Å². The number of rotatable bonds is 3. The molecule has 3 rings (SSSR count). The summed E-state index contributed by atoms with van der Waals surface area (Å²) < 4.78 is 0. The molecular formula is C16H24N2. The van der Waals surface area contributed by atoms with Crippen LogP contribution in [0.5, 0.6) is 0 Å². The van der Waals surface area contributed by atoms with Crippen molar-refractivity contribution in [1.82, 2.24) is 4.90 Å². The van der Waals surface area contributed by atoms with Crippen LogP contribution in [0.25, 0.3) is 0 Å². The fourth-order valence-corrected chi connectivity index (χ4v) is 3.92. The van der Waals surface area contributed by atoms with Gasteiger partial charge in [-0.2, -0.15) is 0 Å². The number of benzene rings is 1. The highest BCUT2D eigenvalue weighted by Crippen LogP contribution is 2.33. The Morgan fingerprint density at radius 2 is 1.83 bits per heavy atom. The molecule has 1 saturated carbocycles. The van der Waals surface area contributed by atoms with Crippen LogP contribution in [0.3, 0.4) is 0 Å². The smallest absolute Gasteiger partial charge is 0.0176 e. The minimum Gasteiger partial charge on any atom is -0.330 e. The second-order valence-corrected chi connectivity index (χ2v) is 5.99. The van der Waals surface area contributed by atoms with Gasteiger partial charge in [-0.3, -0.25) is 4.90 Å². The van der Waals surface area contributed by atoms with Crippen LogP contribution < -0.4 is 5.73 Å². The molecule has 18 heavy (non-hydrogen) atoms. The van der Waals surface area contributed by atoms with Crippen LogP contribution in [-0.4, -0.2) is 30.6 Å². The van der Waals surface area contributed by atoms with Crippen LogP contribution >= 0.6 is 0 Å². The van der Waals surface area contributed by atoms with Gasteiger partial charge in [-0.05, 0) is 56.3 Å². The van der Waals surface area contributed by atoms with Crippen molar-refractivity contribution in [3.63, 3.8) is 0 Å². The minimum absolute atomic E-state index is 0.694. The third kappa shape index (κ3) is 2.08. The third-order valence-corrected chi connectivity index (χ3v) is 5.05. The average Bonchev–Trinajstić information content (AvgIpc) is 3.03. The fourth-order valence-electron chi connectivity index (χ4n) is 3.92. The van der Waals surface area contributed by atoms with E-state index in [0.717, 1.165) is 12.5 Å². The molecule has 1 aromatic rings. The van der Waals surface area contributed by atoms with Crippen molar-refractivity contribution in [2.45, 2.75) is 44.2 Å². The molecule has 0 saturated heterocycles. The molecule has 1 aromatic carbocycles. The summed E-state index contributed by atoms with van der Waals surface area (Å²) in [7, 11) is 2.31. The molecular weight excluding hydrogens is 220 g/mol. The molecule has 2 unspecified atom stereocenters. The van der Waals surface area contributed by atoms with Crippen LogP contribution in [0.1, 0.15) is 30.4 Å². The monoisotopic (exact) mass is 244 g/mol. The lowest BCUT2D eigenvalue weighted by molar-refractivity contribution is 0.146. The average molecular weight is 244 g/mol. The Balaban J connectivity index is 1.70. The lowest BCUT2D eigenvalue weighted by Crippen LogP contribution is -2.44. The zero-order chi connectivity index (χ0) is 12.5. The molecule has 1 fully saturated rings. The van der Waals surface area contributed by atoms with E-state index in [2.05, 4.69) is 36.2 Å². The zero-order valence-electron chi connectivity index (χ0n) is 11.3. The molecule has 2 nitrogen and oxygen atoms in total. The maximum absolute atomic E-state index is 5.92. The quantitative estimate of drug-likeness (QED) is 0.883. The highest BCUT2D eigenvalue weighted by Gasteiger charge is 2.34. The van der Waals surface area contributed by atoms with Crippen LogP contribution in [0.4, 0.5) is 0 Å². The summed E-state index contributed by atoms with van der Waals surface area (Å²) in [6.45, 7) is 0.856. The Bertz CT molecular complexity index is 390. The van der Waals surface area contributed by atoms with E-state index in [0.29, 0.717) is 12.1 Å². The van der Waals surface area contributed by atoms with Gasteiger partial charge in [-0.25, -0.2) is 0 Å². The first kappa shape index (κ1) is 12.2. The lowest BCUT2D eigenvalue weighted by atomic mass is 10.0. The van der Waals surface area contributed by atoms with E-state index < -0.39 is 0 Å². The van der Waals surface area contributed by atoms with Gasteiger partial charge in [0.15, 0.2) is 0 Å². The standard InChI is InChI=1S/C16H24N2/c1-18(16-8-4-7-14(16)11-17)15-9-12-5-2-3-6-13(12)10-15/h2-3,5-6,14-16H,4,7-11,17H2,1H3. The topological polar surface area (TPSA) is 29.3 Å². The maximum atomic E-state index is 5.92. The van der Waals surface area contributed by atoms with Crippen LogP contribution in [0, 0.1) is 5.92 Å². The summed E-state index contributed by atoms with van der Waals surface area (Å²) in [5.74, 6) is 0.721. The molecule has 0 aromatic heterocycles. The second kappa shape index (κ2) is 5.02. The van der Waals surface area contributed by atoms with Gasteiger partial charge in [0.1, 0.15) is 0 Å². The first-order chi connectivity index (χ1) is 8.79. The van der Waals surface area contributed by atoms with E-state index in [1.54, 1.807) is 11.1 Å². The number of likely N-dealkylation sites (N-methyl/N-ethyl adjacent to an activating group) is 1. The van der Waals surface area contributed by atoms with Crippen LogP contribution in [0.15, 0.2) is 24.3 Å². The number of hydrogen-bond acceptors (Lipinski definition) is 2. The van der Waals surface area contributed by atoms with Gasteiger partial charge in [0.25, 0.3) is 0 Å². The Hall–Kier alpha value is -0.860. The van der Waals surface area contributed by atoms with Gasteiger partial charge < -0.3 is 5.73 Å². The van der Waals surface area contributed by atoms with Crippen molar-refractivity contribution >= 4 is 0 Å². The highest BCUT2D eigenvalue weighted by atomic mass is 15.2. The van der Waals surface area contributed by atoms with Crippen molar-refractivity contribution in [1.29, 1.82) is 0 Å². The van der Waals surface area contributed by atoms with Crippen molar-refractivity contribution in [2.75, 3.05) is 13.6 Å². The van der Waals surface area contributed by atoms with Gasteiger partial charge >= 0.3 is 0 Å².